The first-order chi connectivity index (χ1) is 13.2. The molecule has 2 amide bonds. The van der Waals surface area contributed by atoms with Gasteiger partial charge in [0, 0.05) is 36.9 Å². The highest BCUT2D eigenvalue weighted by Gasteiger charge is 2.26. The molecule has 0 aliphatic carbocycles. The number of hydrogen-bond donors (Lipinski definition) is 2. The van der Waals surface area contributed by atoms with Crippen molar-refractivity contribution < 1.29 is 14.7 Å². The Bertz CT molecular complexity index is 757. The minimum atomic E-state index is -0.115. The Morgan fingerprint density at radius 1 is 1.00 bits per heavy atom. The topological polar surface area (TPSA) is 69.6 Å². The standard InChI is InChI=1S/C22H26N2O3/c25-15-13-20-8-4-5-14-24(20)22(27)19-11-9-17(10-12-19)16-23-21(26)18-6-2-1-3-7-18/h1-3,6-7,9-12,20,25H,4-5,8,13-16H2,(H,23,26). The summed E-state index contributed by atoms with van der Waals surface area (Å²) in [4.78, 5) is 26.8. The van der Waals surface area contributed by atoms with Crippen LogP contribution in [-0.4, -0.2) is 41.0 Å². The summed E-state index contributed by atoms with van der Waals surface area (Å²) < 4.78 is 0. The predicted molar refractivity (Wildman–Crippen MR) is 104 cm³/mol. The monoisotopic (exact) mass is 366 g/mol. The molecule has 1 heterocycles. The maximum absolute atomic E-state index is 12.8. The van der Waals surface area contributed by atoms with Gasteiger partial charge in [0.15, 0.2) is 0 Å². The molecule has 1 aliphatic heterocycles. The number of carbonyl (C=O) groups is 2. The van der Waals surface area contributed by atoms with Gasteiger partial charge in [0.05, 0.1) is 0 Å². The zero-order chi connectivity index (χ0) is 19.1. The van der Waals surface area contributed by atoms with E-state index in [0.29, 0.717) is 24.1 Å². The summed E-state index contributed by atoms with van der Waals surface area (Å²) in [6.07, 6.45) is 3.71. The third-order valence-electron chi connectivity index (χ3n) is 5.04. The van der Waals surface area contributed by atoms with E-state index in [4.69, 9.17) is 0 Å². The first kappa shape index (κ1) is 19.1. The highest BCUT2D eigenvalue weighted by Crippen LogP contribution is 2.22. The predicted octanol–water partition coefficient (Wildman–Crippen LogP) is 2.99. The molecule has 1 atom stereocenters. The summed E-state index contributed by atoms with van der Waals surface area (Å²) in [6, 6.07) is 16.6. The number of benzene rings is 2. The Hall–Kier alpha value is -2.66. The van der Waals surface area contributed by atoms with Crippen LogP contribution in [0.5, 0.6) is 0 Å². The van der Waals surface area contributed by atoms with Crippen LogP contribution < -0.4 is 5.32 Å². The number of likely N-dealkylation sites (tertiary alicyclic amines) is 1. The molecule has 1 aliphatic rings. The normalized spacial score (nSPS) is 16.8. The van der Waals surface area contributed by atoms with Gasteiger partial charge in [0.25, 0.3) is 11.8 Å². The van der Waals surface area contributed by atoms with Gasteiger partial charge in [-0.05, 0) is 55.5 Å². The summed E-state index contributed by atoms with van der Waals surface area (Å²) >= 11 is 0. The van der Waals surface area contributed by atoms with E-state index in [1.165, 1.54) is 0 Å². The van der Waals surface area contributed by atoms with E-state index < -0.39 is 0 Å². The van der Waals surface area contributed by atoms with Crippen LogP contribution in [0.25, 0.3) is 0 Å². The molecule has 2 aromatic carbocycles. The molecule has 1 saturated heterocycles. The van der Waals surface area contributed by atoms with Crippen LogP contribution >= 0.6 is 0 Å². The smallest absolute Gasteiger partial charge is 0.254 e. The van der Waals surface area contributed by atoms with Gasteiger partial charge in [-0.25, -0.2) is 0 Å². The Morgan fingerprint density at radius 2 is 1.74 bits per heavy atom. The minimum absolute atomic E-state index is 0.0213. The summed E-state index contributed by atoms with van der Waals surface area (Å²) in [5.74, 6) is -0.0936. The summed E-state index contributed by atoms with van der Waals surface area (Å²) in [7, 11) is 0. The second-order valence-electron chi connectivity index (χ2n) is 6.91. The van der Waals surface area contributed by atoms with Crippen molar-refractivity contribution in [3.05, 3.63) is 71.3 Å². The van der Waals surface area contributed by atoms with Gasteiger partial charge in [-0.3, -0.25) is 9.59 Å². The van der Waals surface area contributed by atoms with E-state index in [-0.39, 0.29) is 24.5 Å². The summed E-state index contributed by atoms with van der Waals surface area (Å²) in [5.41, 5.74) is 2.23. The van der Waals surface area contributed by atoms with E-state index in [1.54, 1.807) is 12.1 Å². The second kappa shape index (κ2) is 9.33. The van der Waals surface area contributed by atoms with Crippen molar-refractivity contribution in [2.45, 2.75) is 38.3 Å². The van der Waals surface area contributed by atoms with Crippen molar-refractivity contribution in [1.29, 1.82) is 0 Å². The van der Waals surface area contributed by atoms with Gasteiger partial charge in [-0.2, -0.15) is 0 Å². The largest absolute Gasteiger partial charge is 0.396 e. The molecule has 0 bridgehead atoms. The number of hydrogen-bond acceptors (Lipinski definition) is 3. The third kappa shape index (κ3) is 4.95. The molecule has 0 saturated carbocycles. The lowest BCUT2D eigenvalue weighted by molar-refractivity contribution is 0.0574. The molecular formula is C22H26N2O3. The van der Waals surface area contributed by atoms with E-state index in [1.807, 2.05) is 47.4 Å². The Morgan fingerprint density at radius 3 is 2.44 bits per heavy atom. The molecule has 5 nitrogen and oxygen atoms in total. The zero-order valence-electron chi connectivity index (χ0n) is 15.4. The van der Waals surface area contributed by atoms with Crippen LogP contribution in [0.1, 0.15) is 52.0 Å². The van der Waals surface area contributed by atoms with Crippen LogP contribution in [-0.2, 0) is 6.54 Å². The van der Waals surface area contributed by atoms with Crippen LogP contribution in [0, 0.1) is 0 Å². The lowest BCUT2D eigenvalue weighted by atomic mass is 9.98. The van der Waals surface area contributed by atoms with Crippen molar-refractivity contribution >= 4 is 11.8 Å². The molecule has 1 unspecified atom stereocenters. The van der Waals surface area contributed by atoms with Crippen molar-refractivity contribution in [3.63, 3.8) is 0 Å². The number of nitrogens with one attached hydrogen (secondary N) is 1. The zero-order valence-corrected chi connectivity index (χ0v) is 15.4. The maximum atomic E-state index is 12.8. The van der Waals surface area contributed by atoms with E-state index in [9.17, 15) is 14.7 Å². The Labute approximate surface area is 160 Å². The highest BCUT2D eigenvalue weighted by molar-refractivity contribution is 5.95. The van der Waals surface area contributed by atoms with Crippen LogP contribution in [0.15, 0.2) is 54.6 Å². The SMILES string of the molecule is O=C(NCc1ccc(C(=O)N2CCCCC2CCO)cc1)c1ccccc1. The van der Waals surface area contributed by atoms with Crippen LogP contribution in [0.4, 0.5) is 0 Å². The van der Waals surface area contributed by atoms with Gasteiger partial charge < -0.3 is 15.3 Å². The number of nitrogens with zero attached hydrogens (tertiary/aromatic N) is 1. The van der Waals surface area contributed by atoms with Crippen LogP contribution in [0.2, 0.25) is 0 Å². The molecule has 142 valence electrons. The number of amides is 2. The van der Waals surface area contributed by atoms with Gasteiger partial charge >= 0.3 is 0 Å². The number of piperidine rings is 1. The lowest BCUT2D eigenvalue weighted by Gasteiger charge is -2.35. The molecule has 1 fully saturated rings. The number of aliphatic hydroxyl groups excluding tert-OH is 1. The van der Waals surface area contributed by atoms with Gasteiger partial charge in [0.1, 0.15) is 0 Å². The Kier molecular flexibility index (Phi) is 6.60. The maximum Gasteiger partial charge on any atom is 0.254 e. The molecule has 0 aromatic heterocycles. The fraction of sp³-hybridized carbons (Fsp3) is 0.364. The van der Waals surface area contributed by atoms with Gasteiger partial charge in [0.2, 0.25) is 0 Å². The molecule has 5 heteroatoms. The molecule has 0 spiro atoms. The quantitative estimate of drug-likeness (QED) is 0.826. The molecule has 2 N–H and O–H groups in total. The van der Waals surface area contributed by atoms with Crippen LogP contribution in [0.3, 0.4) is 0 Å². The average Bonchev–Trinajstić information content (AvgIpc) is 2.73. The average molecular weight is 366 g/mol. The minimum Gasteiger partial charge on any atom is -0.396 e. The van der Waals surface area contributed by atoms with Crippen molar-refractivity contribution in [3.8, 4) is 0 Å². The first-order valence-corrected chi connectivity index (χ1v) is 9.53. The van der Waals surface area contributed by atoms with E-state index >= 15 is 0 Å². The fourth-order valence-electron chi connectivity index (χ4n) is 3.52. The molecule has 3 rings (SSSR count). The summed E-state index contributed by atoms with van der Waals surface area (Å²) in [6.45, 7) is 1.27. The van der Waals surface area contributed by atoms with Gasteiger partial charge in [-0.1, -0.05) is 30.3 Å². The highest BCUT2D eigenvalue weighted by atomic mass is 16.3. The second-order valence-corrected chi connectivity index (χ2v) is 6.91. The van der Waals surface area contributed by atoms with Gasteiger partial charge in [-0.15, -0.1) is 0 Å². The molecule has 0 radical (unpaired) electrons. The molecule has 27 heavy (non-hydrogen) atoms. The number of rotatable bonds is 6. The molecule has 2 aromatic rings. The molecular weight excluding hydrogens is 340 g/mol. The third-order valence-corrected chi connectivity index (χ3v) is 5.04. The fourth-order valence-corrected chi connectivity index (χ4v) is 3.52. The van der Waals surface area contributed by atoms with E-state index in [0.717, 1.165) is 31.4 Å². The summed E-state index contributed by atoms with van der Waals surface area (Å²) in [5, 5.41) is 12.1. The van der Waals surface area contributed by atoms with Crippen molar-refractivity contribution in [1.82, 2.24) is 10.2 Å². The first-order valence-electron chi connectivity index (χ1n) is 9.53. The van der Waals surface area contributed by atoms with E-state index in [2.05, 4.69) is 5.32 Å². The number of aliphatic hydroxyl groups is 1. The number of carbonyl (C=O) groups excluding carboxylic acids is 2. The Balaban J connectivity index is 1.59. The van der Waals surface area contributed by atoms with Crippen molar-refractivity contribution in [2.24, 2.45) is 0 Å². The van der Waals surface area contributed by atoms with Crippen molar-refractivity contribution in [2.75, 3.05) is 13.2 Å². The lowest BCUT2D eigenvalue weighted by Crippen LogP contribution is -2.44.